The third kappa shape index (κ3) is 5.52. The minimum atomic E-state index is -1.21. The van der Waals surface area contributed by atoms with E-state index in [1.54, 1.807) is 54.6 Å². The van der Waals surface area contributed by atoms with Crippen LogP contribution >= 0.6 is 51.5 Å². The lowest BCUT2D eigenvalue weighted by atomic mass is 10.1. The summed E-state index contributed by atoms with van der Waals surface area (Å²) in [5, 5.41) is 10.5. The van der Waals surface area contributed by atoms with Gasteiger partial charge in [0.15, 0.2) is 6.04 Å². The van der Waals surface area contributed by atoms with E-state index < -0.39 is 17.9 Å². The molecule has 1 aliphatic rings. The molecule has 34 heavy (non-hydrogen) atoms. The third-order valence-corrected chi connectivity index (χ3v) is 7.07. The highest BCUT2D eigenvalue weighted by molar-refractivity contribution is 9.10. The van der Waals surface area contributed by atoms with Crippen molar-refractivity contribution in [2.45, 2.75) is 12.6 Å². The summed E-state index contributed by atoms with van der Waals surface area (Å²) in [6, 6.07) is 20.2. The van der Waals surface area contributed by atoms with Crippen molar-refractivity contribution < 1.29 is 19.4 Å². The second-order valence-electron chi connectivity index (χ2n) is 7.30. The summed E-state index contributed by atoms with van der Waals surface area (Å²) in [5.74, 6) is -1.05. The minimum absolute atomic E-state index is 0.186. The van der Waals surface area contributed by atoms with Gasteiger partial charge >= 0.3 is 5.97 Å². The second-order valence-corrected chi connectivity index (χ2v) is 10.3. The molecule has 1 aliphatic heterocycles. The molecule has 0 aromatic heterocycles. The summed E-state index contributed by atoms with van der Waals surface area (Å²) in [7, 11) is 0. The van der Waals surface area contributed by atoms with Crippen LogP contribution < -0.4 is 4.74 Å². The molecule has 5 nitrogen and oxygen atoms in total. The first-order valence-corrected chi connectivity index (χ1v) is 12.4. The number of aliphatic carboxylic acids is 1. The summed E-state index contributed by atoms with van der Waals surface area (Å²) in [4.78, 5) is 26.8. The zero-order chi connectivity index (χ0) is 24.2. The van der Waals surface area contributed by atoms with Crippen molar-refractivity contribution in [1.82, 2.24) is 4.90 Å². The quantitative estimate of drug-likeness (QED) is 0.250. The molecular weight excluding hydrogens is 558 g/mol. The van der Waals surface area contributed by atoms with Crippen LogP contribution in [0.2, 0.25) is 5.02 Å². The molecule has 3 aromatic carbocycles. The van der Waals surface area contributed by atoms with Gasteiger partial charge < -0.3 is 9.84 Å². The van der Waals surface area contributed by atoms with Crippen molar-refractivity contribution in [2.24, 2.45) is 0 Å². The number of halogens is 2. The summed E-state index contributed by atoms with van der Waals surface area (Å²) < 4.78 is 7.00. The molecule has 1 amide bonds. The van der Waals surface area contributed by atoms with Crippen LogP contribution in [0.1, 0.15) is 22.7 Å². The topological polar surface area (TPSA) is 66.8 Å². The Hall–Kier alpha value is -2.65. The average Bonchev–Trinajstić information content (AvgIpc) is 3.08. The number of carbonyl (C=O) groups is 2. The summed E-state index contributed by atoms with van der Waals surface area (Å²) in [5.41, 5.74) is 2.08. The molecule has 172 valence electrons. The monoisotopic (exact) mass is 573 g/mol. The first-order chi connectivity index (χ1) is 16.3. The summed E-state index contributed by atoms with van der Waals surface area (Å²) in [6.45, 7) is 0.315. The third-order valence-electron chi connectivity index (χ3n) is 5.00. The molecule has 9 heteroatoms. The molecule has 0 aliphatic carbocycles. The Kier molecular flexibility index (Phi) is 7.73. The van der Waals surface area contributed by atoms with Gasteiger partial charge in [0.25, 0.3) is 5.91 Å². The fraction of sp³-hybridized carbons (Fsp3) is 0.0800. The standard InChI is InChI=1S/C25H17BrClNO4S2/c26-18-8-11-20(32-14-15-6-9-19(27)10-7-15)17(12-18)13-21-23(29)28(25(33)34-21)22(24(30)31)16-4-2-1-3-5-16/h1-13,22H,14H2,(H,30,31)/b21-13+. The normalized spacial score (nSPS) is 15.6. The van der Waals surface area contributed by atoms with Gasteiger partial charge in [0.05, 0.1) is 4.91 Å². The lowest BCUT2D eigenvalue weighted by Gasteiger charge is -2.23. The maximum atomic E-state index is 13.3. The predicted octanol–water partition coefficient (Wildman–Crippen LogP) is 6.71. The van der Waals surface area contributed by atoms with Crippen LogP contribution in [-0.4, -0.2) is 26.2 Å². The number of carboxylic acids is 1. The van der Waals surface area contributed by atoms with Gasteiger partial charge in [0.1, 0.15) is 16.7 Å². The van der Waals surface area contributed by atoms with Crippen LogP contribution in [0.5, 0.6) is 5.75 Å². The van der Waals surface area contributed by atoms with Crippen LogP contribution in [0.4, 0.5) is 0 Å². The number of rotatable bonds is 7. The van der Waals surface area contributed by atoms with Gasteiger partial charge in [-0.1, -0.05) is 94.0 Å². The molecule has 1 unspecified atom stereocenters. The minimum Gasteiger partial charge on any atom is -0.488 e. The van der Waals surface area contributed by atoms with Gasteiger partial charge in [-0.15, -0.1) is 0 Å². The van der Waals surface area contributed by atoms with E-state index in [2.05, 4.69) is 15.9 Å². The Morgan fingerprint density at radius 3 is 2.53 bits per heavy atom. The van der Waals surface area contributed by atoms with Crippen LogP contribution in [-0.2, 0) is 16.2 Å². The Morgan fingerprint density at radius 2 is 1.85 bits per heavy atom. The zero-order valence-corrected chi connectivity index (χ0v) is 21.5. The molecule has 1 fully saturated rings. The smallest absolute Gasteiger partial charge is 0.331 e. The first-order valence-electron chi connectivity index (χ1n) is 10.0. The van der Waals surface area contributed by atoms with E-state index in [0.717, 1.165) is 26.7 Å². The number of nitrogens with zero attached hydrogens (tertiary/aromatic N) is 1. The Morgan fingerprint density at radius 1 is 1.15 bits per heavy atom. The number of hydrogen-bond acceptors (Lipinski definition) is 5. The fourth-order valence-electron chi connectivity index (χ4n) is 3.39. The lowest BCUT2D eigenvalue weighted by molar-refractivity contribution is -0.145. The number of benzene rings is 3. The van der Waals surface area contributed by atoms with Crippen LogP contribution in [0.25, 0.3) is 6.08 Å². The summed E-state index contributed by atoms with van der Waals surface area (Å²) >= 11 is 15.9. The number of carboxylic acid groups (broad SMARTS) is 1. The van der Waals surface area contributed by atoms with Gasteiger partial charge in [-0.25, -0.2) is 4.79 Å². The number of hydrogen-bond donors (Lipinski definition) is 1. The molecule has 1 N–H and O–H groups in total. The van der Waals surface area contributed by atoms with Crippen molar-refractivity contribution >= 4 is 73.8 Å². The Bertz CT molecular complexity index is 1280. The molecule has 0 spiro atoms. The van der Waals surface area contributed by atoms with Crippen LogP contribution in [0.3, 0.4) is 0 Å². The molecular formula is C25H17BrClNO4S2. The SMILES string of the molecule is O=C(O)C(c1ccccc1)N1C(=O)/C(=C\c2cc(Br)ccc2OCc2ccc(Cl)cc2)SC1=S. The molecule has 3 aromatic rings. The number of carbonyl (C=O) groups excluding carboxylic acids is 1. The predicted molar refractivity (Wildman–Crippen MR) is 142 cm³/mol. The van der Waals surface area contributed by atoms with Gasteiger partial charge in [0.2, 0.25) is 0 Å². The number of ether oxygens (including phenoxy) is 1. The van der Waals surface area contributed by atoms with E-state index in [9.17, 15) is 14.7 Å². The maximum absolute atomic E-state index is 13.3. The van der Waals surface area contributed by atoms with E-state index in [1.165, 1.54) is 0 Å². The first kappa shape index (κ1) is 24.5. The van der Waals surface area contributed by atoms with Crippen molar-refractivity contribution in [1.29, 1.82) is 0 Å². The Balaban J connectivity index is 1.62. The second kappa shape index (κ2) is 10.7. The highest BCUT2D eigenvalue weighted by atomic mass is 79.9. The van der Waals surface area contributed by atoms with Crippen LogP contribution in [0, 0.1) is 0 Å². The lowest BCUT2D eigenvalue weighted by Crippen LogP contribution is -2.37. The fourth-order valence-corrected chi connectivity index (χ4v) is 5.20. The largest absolute Gasteiger partial charge is 0.488 e. The van der Waals surface area contributed by atoms with E-state index in [1.807, 2.05) is 24.3 Å². The van der Waals surface area contributed by atoms with Gasteiger partial charge in [0, 0.05) is 15.1 Å². The molecule has 4 rings (SSSR count). The molecule has 1 atom stereocenters. The molecule has 0 radical (unpaired) electrons. The van der Waals surface area contributed by atoms with Gasteiger partial charge in [-0.2, -0.15) is 0 Å². The number of thioether (sulfide) groups is 1. The van der Waals surface area contributed by atoms with E-state index in [-0.39, 0.29) is 4.32 Å². The highest BCUT2D eigenvalue weighted by Gasteiger charge is 2.41. The number of amides is 1. The van der Waals surface area contributed by atoms with Crippen LogP contribution in [0.15, 0.2) is 82.2 Å². The number of thiocarbonyl (C=S) groups is 1. The van der Waals surface area contributed by atoms with Gasteiger partial charge in [-0.3, -0.25) is 9.69 Å². The van der Waals surface area contributed by atoms with E-state index in [4.69, 9.17) is 28.6 Å². The molecule has 1 saturated heterocycles. The highest BCUT2D eigenvalue weighted by Crippen LogP contribution is 2.39. The van der Waals surface area contributed by atoms with E-state index >= 15 is 0 Å². The molecule has 0 bridgehead atoms. The van der Waals surface area contributed by atoms with Gasteiger partial charge in [-0.05, 0) is 47.5 Å². The van der Waals surface area contributed by atoms with Crippen molar-refractivity contribution in [3.63, 3.8) is 0 Å². The maximum Gasteiger partial charge on any atom is 0.331 e. The zero-order valence-electron chi connectivity index (χ0n) is 17.5. The van der Waals surface area contributed by atoms with E-state index in [0.29, 0.717) is 33.4 Å². The Labute approximate surface area is 219 Å². The molecule has 0 saturated carbocycles. The summed E-state index contributed by atoms with van der Waals surface area (Å²) in [6.07, 6.45) is 1.67. The van der Waals surface area contributed by atoms with Crippen molar-refractivity contribution in [3.8, 4) is 5.75 Å². The van der Waals surface area contributed by atoms with Crippen molar-refractivity contribution in [3.05, 3.63) is 104 Å². The van der Waals surface area contributed by atoms with Crippen molar-refractivity contribution in [2.75, 3.05) is 0 Å². The molecule has 1 heterocycles. The average molecular weight is 575 g/mol.